The molecule has 0 saturated carbocycles. The Bertz CT molecular complexity index is 1220. The molecule has 1 aliphatic carbocycles. The van der Waals surface area contributed by atoms with Gasteiger partial charge in [-0.05, 0) is 54.2 Å². The molecule has 35 heavy (non-hydrogen) atoms. The van der Waals surface area contributed by atoms with Gasteiger partial charge in [0.15, 0.2) is 0 Å². The highest BCUT2D eigenvalue weighted by atomic mass is 16.5. The molecule has 0 bridgehead atoms. The highest BCUT2D eigenvalue weighted by Gasteiger charge is 2.26. The topological polar surface area (TPSA) is 91.4 Å². The van der Waals surface area contributed by atoms with Crippen molar-refractivity contribution in [2.24, 2.45) is 0 Å². The Hall–Kier alpha value is -3.48. The summed E-state index contributed by atoms with van der Waals surface area (Å²) in [5.41, 5.74) is 12.8. The third kappa shape index (κ3) is 5.29. The van der Waals surface area contributed by atoms with Crippen LogP contribution >= 0.6 is 0 Å². The molecule has 1 amide bonds. The molecule has 2 aliphatic rings. The molecule has 3 aromatic rings. The summed E-state index contributed by atoms with van der Waals surface area (Å²) in [7, 11) is 0. The van der Waals surface area contributed by atoms with Crippen molar-refractivity contribution in [3.8, 4) is 0 Å². The van der Waals surface area contributed by atoms with Crippen molar-refractivity contribution in [3.63, 3.8) is 0 Å². The number of benzene rings is 3. The molecule has 1 fully saturated rings. The van der Waals surface area contributed by atoms with Gasteiger partial charge in [-0.25, -0.2) is 0 Å². The number of nitrogens with two attached hydrogens (primary N) is 1. The van der Waals surface area contributed by atoms with Crippen molar-refractivity contribution in [3.05, 3.63) is 94.5 Å². The summed E-state index contributed by atoms with van der Waals surface area (Å²) >= 11 is 0. The number of rotatable bonds is 6. The molecule has 1 saturated heterocycles. The first-order valence-corrected chi connectivity index (χ1v) is 12.3. The zero-order chi connectivity index (χ0) is 24.2. The summed E-state index contributed by atoms with van der Waals surface area (Å²) in [6, 6.07) is 21.7. The number of fused-ring (bicyclic) bond motifs is 1. The Morgan fingerprint density at radius 1 is 1.06 bits per heavy atom. The van der Waals surface area contributed by atoms with E-state index in [9.17, 15) is 4.79 Å². The Kier molecular flexibility index (Phi) is 6.93. The van der Waals surface area contributed by atoms with E-state index < -0.39 is 0 Å². The standard InChI is InChI=1S/C29H32N4O2/c30-27-13-12-23(32-29(34)25-7-3-5-21-4-1-2-6-24(21)25)18-26(27)28(31)22-10-8-20(9-11-22)19-33-14-16-35-17-15-33/h1-2,4,6,8-13,18,25,31H,3,5,7,14-17,19,30H2,(H,32,34). The van der Waals surface area contributed by atoms with Gasteiger partial charge in [-0.15, -0.1) is 0 Å². The number of amides is 1. The van der Waals surface area contributed by atoms with E-state index in [1.807, 2.05) is 36.4 Å². The summed E-state index contributed by atoms with van der Waals surface area (Å²) in [6.45, 7) is 4.33. The normalized spacial score (nSPS) is 18.0. The number of nitrogens with zero attached hydrogens (tertiary/aromatic N) is 1. The first-order valence-electron chi connectivity index (χ1n) is 12.3. The zero-order valence-electron chi connectivity index (χ0n) is 19.9. The summed E-state index contributed by atoms with van der Waals surface area (Å²) < 4.78 is 5.42. The molecule has 0 spiro atoms. The van der Waals surface area contributed by atoms with Gasteiger partial charge in [-0.2, -0.15) is 0 Å². The molecule has 6 heteroatoms. The molecule has 1 unspecified atom stereocenters. The largest absolute Gasteiger partial charge is 0.398 e. The molecule has 4 N–H and O–H groups in total. The summed E-state index contributed by atoms with van der Waals surface area (Å²) in [6.07, 6.45) is 2.87. The van der Waals surface area contributed by atoms with Gasteiger partial charge < -0.3 is 15.8 Å². The minimum Gasteiger partial charge on any atom is -0.398 e. The molecule has 1 atom stereocenters. The van der Waals surface area contributed by atoms with E-state index in [1.165, 1.54) is 11.1 Å². The Balaban J connectivity index is 1.29. The Morgan fingerprint density at radius 2 is 1.83 bits per heavy atom. The SMILES string of the molecule is N=C(c1ccc(CN2CCOCC2)cc1)c1cc(NC(=O)C2CCCc3ccccc32)ccc1N. The summed E-state index contributed by atoms with van der Waals surface area (Å²) in [4.78, 5) is 15.5. The summed E-state index contributed by atoms with van der Waals surface area (Å²) in [5, 5.41) is 11.9. The minimum atomic E-state index is -0.153. The van der Waals surface area contributed by atoms with Crippen LogP contribution in [0.3, 0.4) is 0 Å². The van der Waals surface area contributed by atoms with Crippen LogP contribution in [0.1, 0.15) is 46.6 Å². The second kappa shape index (κ2) is 10.4. The fraction of sp³-hybridized carbons (Fsp3) is 0.310. The number of ether oxygens (including phenoxy) is 1. The van der Waals surface area contributed by atoms with Crippen LogP contribution in [-0.4, -0.2) is 42.8 Å². The molecule has 180 valence electrons. The predicted molar refractivity (Wildman–Crippen MR) is 140 cm³/mol. The van der Waals surface area contributed by atoms with Gasteiger partial charge in [0.2, 0.25) is 5.91 Å². The molecule has 5 rings (SSSR count). The molecule has 0 radical (unpaired) electrons. The van der Waals surface area contributed by atoms with Crippen LogP contribution in [0.2, 0.25) is 0 Å². The van der Waals surface area contributed by atoms with Crippen LogP contribution < -0.4 is 11.1 Å². The smallest absolute Gasteiger partial charge is 0.231 e. The number of morpholine rings is 1. The lowest BCUT2D eigenvalue weighted by Crippen LogP contribution is -2.35. The van der Waals surface area contributed by atoms with Gasteiger partial charge in [0.05, 0.1) is 24.8 Å². The van der Waals surface area contributed by atoms with E-state index in [0.717, 1.165) is 63.2 Å². The first kappa shape index (κ1) is 23.3. The van der Waals surface area contributed by atoms with E-state index in [0.29, 0.717) is 22.6 Å². The van der Waals surface area contributed by atoms with Gasteiger partial charge >= 0.3 is 0 Å². The number of anilines is 2. The number of hydrogen-bond acceptors (Lipinski definition) is 5. The van der Waals surface area contributed by atoms with Crippen LogP contribution in [0.25, 0.3) is 0 Å². The highest BCUT2D eigenvalue weighted by Crippen LogP contribution is 2.33. The van der Waals surface area contributed by atoms with Crippen molar-refractivity contribution in [2.75, 3.05) is 37.4 Å². The third-order valence-corrected chi connectivity index (χ3v) is 7.03. The lowest BCUT2D eigenvalue weighted by molar-refractivity contribution is -0.117. The molecule has 1 aliphatic heterocycles. The van der Waals surface area contributed by atoms with Crippen LogP contribution in [0.15, 0.2) is 66.7 Å². The van der Waals surface area contributed by atoms with Crippen molar-refractivity contribution >= 4 is 23.0 Å². The number of hydrogen-bond donors (Lipinski definition) is 3. The Morgan fingerprint density at radius 3 is 2.63 bits per heavy atom. The van der Waals surface area contributed by atoms with E-state index in [-0.39, 0.29) is 11.8 Å². The molecule has 0 aromatic heterocycles. The lowest BCUT2D eigenvalue weighted by Gasteiger charge is -2.26. The van der Waals surface area contributed by atoms with E-state index in [1.54, 1.807) is 6.07 Å². The highest BCUT2D eigenvalue weighted by molar-refractivity contribution is 6.14. The number of aryl methyl sites for hydroxylation is 1. The van der Waals surface area contributed by atoms with E-state index >= 15 is 0 Å². The van der Waals surface area contributed by atoms with E-state index in [2.05, 4.69) is 34.5 Å². The average molecular weight is 469 g/mol. The van der Waals surface area contributed by atoms with Gasteiger partial charge in [-0.3, -0.25) is 15.1 Å². The maximum atomic E-state index is 13.2. The number of nitrogen functional groups attached to an aromatic ring is 1. The maximum absolute atomic E-state index is 13.2. The Labute approximate surface area is 206 Å². The fourth-order valence-electron chi connectivity index (χ4n) is 5.06. The maximum Gasteiger partial charge on any atom is 0.231 e. The van der Waals surface area contributed by atoms with E-state index in [4.69, 9.17) is 15.9 Å². The zero-order valence-corrected chi connectivity index (χ0v) is 19.9. The molecule has 3 aromatic carbocycles. The van der Waals surface area contributed by atoms with Crippen LogP contribution in [0.5, 0.6) is 0 Å². The molecule has 6 nitrogen and oxygen atoms in total. The molecule has 1 heterocycles. The number of carbonyl (C=O) groups excluding carboxylic acids is 1. The van der Waals surface area contributed by atoms with Gasteiger partial charge in [0.1, 0.15) is 0 Å². The van der Waals surface area contributed by atoms with Crippen LogP contribution in [0, 0.1) is 5.41 Å². The monoisotopic (exact) mass is 468 g/mol. The van der Waals surface area contributed by atoms with Crippen LogP contribution in [-0.2, 0) is 22.5 Å². The second-order valence-corrected chi connectivity index (χ2v) is 9.40. The van der Waals surface area contributed by atoms with Crippen LogP contribution in [0.4, 0.5) is 11.4 Å². The predicted octanol–water partition coefficient (Wildman–Crippen LogP) is 4.58. The first-order chi connectivity index (χ1) is 17.1. The summed E-state index contributed by atoms with van der Waals surface area (Å²) in [5.74, 6) is -0.161. The quantitative estimate of drug-likeness (QED) is 0.365. The van der Waals surface area contributed by atoms with Crippen molar-refractivity contribution in [2.45, 2.75) is 31.7 Å². The van der Waals surface area contributed by atoms with Gasteiger partial charge in [0, 0.05) is 42.1 Å². The van der Waals surface area contributed by atoms with Gasteiger partial charge in [-0.1, -0.05) is 48.5 Å². The molecular weight excluding hydrogens is 436 g/mol. The molecular formula is C29H32N4O2. The average Bonchev–Trinajstić information content (AvgIpc) is 2.90. The number of nitrogens with one attached hydrogen (secondary N) is 2. The lowest BCUT2D eigenvalue weighted by atomic mass is 9.82. The van der Waals surface area contributed by atoms with Crippen molar-refractivity contribution < 1.29 is 9.53 Å². The number of carbonyl (C=O) groups is 1. The fourth-order valence-corrected chi connectivity index (χ4v) is 5.06. The second-order valence-electron chi connectivity index (χ2n) is 9.40. The third-order valence-electron chi connectivity index (χ3n) is 7.03. The van der Waals surface area contributed by atoms with Gasteiger partial charge in [0.25, 0.3) is 0 Å². The van der Waals surface area contributed by atoms with Crippen molar-refractivity contribution in [1.29, 1.82) is 5.41 Å². The van der Waals surface area contributed by atoms with Crippen molar-refractivity contribution in [1.82, 2.24) is 4.90 Å². The minimum absolute atomic E-state index is 0.00753.